The zero-order chi connectivity index (χ0) is 7.11. The van der Waals surface area contributed by atoms with Crippen LogP contribution in [-0.4, -0.2) is 19.0 Å². The van der Waals surface area contributed by atoms with Crippen LogP contribution in [0.25, 0.3) is 0 Å². The standard InChI is InChI=1S/C5H13N3O/c1-2-3-7-5(9)4-8-6/h8H,2-4,6H2,1H3,(H,7,9). The van der Waals surface area contributed by atoms with Crippen LogP contribution in [0.3, 0.4) is 0 Å². The Morgan fingerprint density at radius 2 is 2.33 bits per heavy atom. The Kier molecular flexibility index (Phi) is 5.15. The average Bonchev–Trinajstić information content (AvgIpc) is 1.85. The van der Waals surface area contributed by atoms with Crippen LogP contribution in [-0.2, 0) is 4.79 Å². The van der Waals surface area contributed by atoms with Gasteiger partial charge in [0.05, 0.1) is 6.54 Å². The van der Waals surface area contributed by atoms with E-state index in [-0.39, 0.29) is 12.5 Å². The van der Waals surface area contributed by atoms with Crippen LogP contribution in [0, 0.1) is 0 Å². The molecule has 0 aliphatic heterocycles. The van der Waals surface area contributed by atoms with Crippen molar-refractivity contribution in [3.05, 3.63) is 0 Å². The first-order valence-corrected chi connectivity index (χ1v) is 3.01. The Morgan fingerprint density at radius 1 is 1.67 bits per heavy atom. The van der Waals surface area contributed by atoms with E-state index in [9.17, 15) is 4.79 Å². The molecule has 0 aromatic rings. The molecule has 4 heteroatoms. The average molecular weight is 131 g/mol. The first-order chi connectivity index (χ1) is 4.31. The molecule has 0 aromatic heterocycles. The molecular formula is C5H13N3O. The molecule has 0 radical (unpaired) electrons. The number of hydrogen-bond acceptors (Lipinski definition) is 3. The highest BCUT2D eigenvalue weighted by Crippen LogP contribution is 1.68. The van der Waals surface area contributed by atoms with Gasteiger partial charge in [0.15, 0.2) is 0 Å². The van der Waals surface area contributed by atoms with Crippen molar-refractivity contribution in [1.82, 2.24) is 10.7 Å². The highest BCUT2D eigenvalue weighted by atomic mass is 16.1. The number of nitrogens with one attached hydrogen (secondary N) is 2. The van der Waals surface area contributed by atoms with Crippen LogP contribution in [0.4, 0.5) is 0 Å². The summed E-state index contributed by atoms with van der Waals surface area (Å²) in [5.41, 5.74) is 2.26. The summed E-state index contributed by atoms with van der Waals surface area (Å²) in [5, 5.41) is 2.65. The quantitative estimate of drug-likeness (QED) is 0.338. The van der Waals surface area contributed by atoms with Gasteiger partial charge in [-0.1, -0.05) is 6.92 Å². The summed E-state index contributed by atoms with van der Waals surface area (Å²) in [4.78, 5) is 10.5. The van der Waals surface area contributed by atoms with Gasteiger partial charge in [0, 0.05) is 6.54 Å². The van der Waals surface area contributed by atoms with Crippen LogP contribution in [0.1, 0.15) is 13.3 Å². The van der Waals surface area contributed by atoms with E-state index in [4.69, 9.17) is 5.84 Å². The third kappa shape index (κ3) is 5.26. The van der Waals surface area contributed by atoms with Gasteiger partial charge in [0.25, 0.3) is 0 Å². The molecule has 0 fully saturated rings. The van der Waals surface area contributed by atoms with Crippen molar-refractivity contribution >= 4 is 5.91 Å². The van der Waals surface area contributed by atoms with E-state index in [2.05, 4.69) is 10.7 Å². The Bertz CT molecular complexity index is 84.3. The maximum atomic E-state index is 10.5. The maximum Gasteiger partial charge on any atom is 0.235 e. The van der Waals surface area contributed by atoms with Crippen LogP contribution in [0.5, 0.6) is 0 Å². The normalized spacial score (nSPS) is 9.11. The molecule has 0 atom stereocenters. The summed E-state index contributed by atoms with van der Waals surface area (Å²) in [6.07, 6.45) is 0.955. The minimum absolute atomic E-state index is 0.0562. The smallest absolute Gasteiger partial charge is 0.235 e. The number of hydrazine groups is 1. The Morgan fingerprint density at radius 3 is 2.78 bits per heavy atom. The van der Waals surface area contributed by atoms with Crippen molar-refractivity contribution in [2.24, 2.45) is 5.84 Å². The summed E-state index contributed by atoms with van der Waals surface area (Å²) >= 11 is 0. The molecule has 0 rings (SSSR count). The van der Waals surface area contributed by atoms with Crippen LogP contribution in [0.2, 0.25) is 0 Å². The van der Waals surface area contributed by atoms with Gasteiger partial charge in [-0.15, -0.1) is 0 Å². The predicted octanol–water partition coefficient (Wildman–Crippen LogP) is -1.02. The van der Waals surface area contributed by atoms with Gasteiger partial charge in [0.1, 0.15) is 0 Å². The first kappa shape index (κ1) is 8.39. The van der Waals surface area contributed by atoms with Gasteiger partial charge >= 0.3 is 0 Å². The molecule has 0 unspecified atom stereocenters. The molecule has 0 aliphatic rings. The second-order valence-corrected chi connectivity index (χ2v) is 1.73. The minimum atomic E-state index is -0.0562. The van der Waals surface area contributed by atoms with E-state index in [1.54, 1.807) is 0 Å². The number of rotatable bonds is 4. The zero-order valence-electron chi connectivity index (χ0n) is 5.61. The van der Waals surface area contributed by atoms with Gasteiger partial charge in [-0.3, -0.25) is 16.1 Å². The molecule has 4 nitrogen and oxygen atoms in total. The van der Waals surface area contributed by atoms with Crippen molar-refractivity contribution in [1.29, 1.82) is 0 Å². The van der Waals surface area contributed by atoms with Gasteiger partial charge in [-0.25, -0.2) is 0 Å². The van der Waals surface area contributed by atoms with Crippen molar-refractivity contribution in [3.63, 3.8) is 0 Å². The number of carbonyl (C=O) groups excluding carboxylic acids is 1. The molecule has 0 saturated heterocycles. The minimum Gasteiger partial charge on any atom is -0.355 e. The summed E-state index contributed by atoms with van der Waals surface area (Å²) in [6.45, 7) is 2.91. The monoisotopic (exact) mass is 131 g/mol. The largest absolute Gasteiger partial charge is 0.355 e. The van der Waals surface area contributed by atoms with E-state index in [1.807, 2.05) is 6.92 Å². The molecule has 9 heavy (non-hydrogen) atoms. The number of hydrogen-bond donors (Lipinski definition) is 3. The molecule has 0 aliphatic carbocycles. The Balaban J connectivity index is 3.06. The zero-order valence-corrected chi connectivity index (χ0v) is 5.61. The fraction of sp³-hybridized carbons (Fsp3) is 0.800. The molecule has 0 saturated carbocycles. The van der Waals surface area contributed by atoms with Crippen LogP contribution in [0.15, 0.2) is 0 Å². The lowest BCUT2D eigenvalue weighted by atomic mass is 10.4. The van der Waals surface area contributed by atoms with E-state index < -0.39 is 0 Å². The molecule has 4 N–H and O–H groups in total. The third-order valence-electron chi connectivity index (χ3n) is 0.835. The summed E-state index contributed by atoms with van der Waals surface area (Å²) < 4.78 is 0. The molecule has 1 amide bonds. The second-order valence-electron chi connectivity index (χ2n) is 1.73. The van der Waals surface area contributed by atoms with Crippen molar-refractivity contribution in [3.8, 4) is 0 Å². The maximum absolute atomic E-state index is 10.5. The van der Waals surface area contributed by atoms with Gasteiger partial charge < -0.3 is 5.32 Å². The highest BCUT2D eigenvalue weighted by Gasteiger charge is 1.94. The predicted molar refractivity (Wildman–Crippen MR) is 35.5 cm³/mol. The topological polar surface area (TPSA) is 67.2 Å². The number of amides is 1. The summed E-state index contributed by atoms with van der Waals surface area (Å²) in [6, 6.07) is 0. The second kappa shape index (κ2) is 5.53. The first-order valence-electron chi connectivity index (χ1n) is 3.01. The molecule has 0 aromatic carbocycles. The van der Waals surface area contributed by atoms with Crippen LogP contribution < -0.4 is 16.6 Å². The number of nitrogens with two attached hydrogens (primary N) is 1. The third-order valence-corrected chi connectivity index (χ3v) is 0.835. The lowest BCUT2D eigenvalue weighted by molar-refractivity contribution is -0.120. The molecule has 54 valence electrons. The van der Waals surface area contributed by atoms with Crippen molar-refractivity contribution in [2.45, 2.75) is 13.3 Å². The van der Waals surface area contributed by atoms with Crippen molar-refractivity contribution < 1.29 is 4.79 Å². The molecule has 0 heterocycles. The summed E-state index contributed by atoms with van der Waals surface area (Å²) in [7, 11) is 0. The van der Waals surface area contributed by atoms with Gasteiger partial charge in [-0.2, -0.15) is 0 Å². The van der Waals surface area contributed by atoms with E-state index in [1.165, 1.54) is 0 Å². The van der Waals surface area contributed by atoms with Gasteiger partial charge in [0.2, 0.25) is 5.91 Å². The SMILES string of the molecule is CCCNC(=O)CNN. The van der Waals surface area contributed by atoms with E-state index in [0.29, 0.717) is 0 Å². The lowest BCUT2D eigenvalue weighted by Gasteiger charge is -2.00. The van der Waals surface area contributed by atoms with E-state index in [0.717, 1.165) is 13.0 Å². The van der Waals surface area contributed by atoms with Crippen LogP contribution >= 0.6 is 0 Å². The highest BCUT2D eigenvalue weighted by molar-refractivity contribution is 5.77. The molecule has 0 spiro atoms. The van der Waals surface area contributed by atoms with Crippen molar-refractivity contribution in [2.75, 3.05) is 13.1 Å². The summed E-state index contributed by atoms with van der Waals surface area (Å²) in [5.74, 6) is 4.83. The van der Waals surface area contributed by atoms with E-state index >= 15 is 0 Å². The Labute approximate surface area is 54.8 Å². The lowest BCUT2D eigenvalue weighted by Crippen LogP contribution is -2.37. The fourth-order valence-corrected chi connectivity index (χ4v) is 0.420. The van der Waals surface area contributed by atoms with Gasteiger partial charge in [-0.05, 0) is 6.42 Å². The number of carbonyl (C=O) groups is 1. The molecular weight excluding hydrogens is 118 g/mol. The fourth-order valence-electron chi connectivity index (χ4n) is 0.420. The molecule has 0 bridgehead atoms. The Hall–Kier alpha value is -0.610.